The van der Waals surface area contributed by atoms with Gasteiger partial charge in [-0.15, -0.1) is 0 Å². The molecule has 1 atom stereocenters. The summed E-state index contributed by atoms with van der Waals surface area (Å²) in [6.45, 7) is 12.0. The predicted octanol–water partition coefficient (Wildman–Crippen LogP) is 4.43. The molecule has 1 aromatic carbocycles. The van der Waals surface area contributed by atoms with Gasteiger partial charge in [0, 0.05) is 0 Å². The van der Waals surface area contributed by atoms with E-state index in [-0.39, 0.29) is 12.0 Å². The van der Waals surface area contributed by atoms with Gasteiger partial charge in [-0.3, -0.25) is 0 Å². The van der Waals surface area contributed by atoms with E-state index in [0.717, 1.165) is 5.56 Å². The van der Waals surface area contributed by atoms with Crippen LogP contribution in [0.25, 0.3) is 0 Å². The van der Waals surface area contributed by atoms with Gasteiger partial charge >= 0.3 is 0 Å². The van der Waals surface area contributed by atoms with Crippen LogP contribution in [0.1, 0.15) is 53.2 Å². The first-order chi connectivity index (χ1) is 7.22. The molecular formula is C14H26O. The van der Waals surface area contributed by atoms with Crippen LogP contribution in [0.5, 0.6) is 0 Å². The molecule has 0 heterocycles. The predicted molar refractivity (Wildman–Crippen MR) is 68.9 cm³/mol. The molecule has 0 aliphatic rings. The number of hydrogen-bond acceptors (Lipinski definition) is 1. The zero-order valence-corrected chi connectivity index (χ0v) is 11.0. The van der Waals surface area contributed by atoms with E-state index in [9.17, 15) is 5.11 Å². The van der Waals surface area contributed by atoms with Gasteiger partial charge in [-0.25, -0.2) is 0 Å². The van der Waals surface area contributed by atoms with Gasteiger partial charge in [0.1, 0.15) is 0 Å². The van der Waals surface area contributed by atoms with E-state index >= 15 is 0 Å². The minimum Gasteiger partial charge on any atom is -0.388 e. The zero-order valence-electron chi connectivity index (χ0n) is 11.0. The van der Waals surface area contributed by atoms with Gasteiger partial charge in [0.05, 0.1) is 6.10 Å². The molecule has 1 rings (SSSR count). The molecule has 0 bridgehead atoms. The van der Waals surface area contributed by atoms with Crippen LogP contribution in [0.4, 0.5) is 0 Å². The van der Waals surface area contributed by atoms with Crippen LogP contribution in [0.3, 0.4) is 0 Å². The second-order valence-electron chi connectivity index (χ2n) is 3.10. The minimum absolute atomic E-state index is 0.289. The van der Waals surface area contributed by atoms with Crippen molar-refractivity contribution >= 4 is 0 Å². The van der Waals surface area contributed by atoms with Crippen molar-refractivity contribution in [3.63, 3.8) is 0 Å². The van der Waals surface area contributed by atoms with Crippen LogP contribution in [0, 0.1) is 5.92 Å². The summed E-state index contributed by atoms with van der Waals surface area (Å²) in [6.07, 6.45) is -0.323. The van der Waals surface area contributed by atoms with Crippen molar-refractivity contribution in [2.75, 3.05) is 0 Å². The third-order valence-corrected chi connectivity index (χ3v) is 1.77. The zero-order chi connectivity index (χ0) is 12.3. The maximum atomic E-state index is 9.60. The van der Waals surface area contributed by atoms with Crippen molar-refractivity contribution in [2.24, 2.45) is 5.92 Å². The Hall–Kier alpha value is -0.820. The van der Waals surface area contributed by atoms with Crippen molar-refractivity contribution in [1.82, 2.24) is 0 Å². The van der Waals surface area contributed by atoms with E-state index in [1.165, 1.54) is 0 Å². The SMILES string of the molecule is CC.CC.CC(C)C(O)c1ccccc1. The topological polar surface area (TPSA) is 20.2 Å². The van der Waals surface area contributed by atoms with Crippen LogP contribution in [-0.4, -0.2) is 5.11 Å². The van der Waals surface area contributed by atoms with Crippen LogP contribution in [0.15, 0.2) is 30.3 Å². The van der Waals surface area contributed by atoms with Gasteiger partial charge in [-0.05, 0) is 11.5 Å². The van der Waals surface area contributed by atoms with E-state index in [1.54, 1.807) is 0 Å². The van der Waals surface area contributed by atoms with E-state index in [0.29, 0.717) is 0 Å². The van der Waals surface area contributed by atoms with Crippen molar-refractivity contribution in [3.05, 3.63) is 35.9 Å². The Labute approximate surface area is 95.2 Å². The summed E-state index contributed by atoms with van der Waals surface area (Å²) in [4.78, 5) is 0. The quantitative estimate of drug-likeness (QED) is 0.765. The van der Waals surface area contributed by atoms with Crippen LogP contribution >= 0.6 is 0 Å². The monoisotopic (exact) mass is 210 g/mol. The number of aliphatic hydroxyl groups is 1. The standard InChI is InChI=1S/C10H14O.2C2H6/c1-8(2)10(11)9-6-4-3-5-7-9;2*1-2/h3-8,10-11H,1-2H3;2*1-2H3. The molecule has 88 valence electrons. The van der Waals surface area contributed by atoms with Crippen LogP contribution < -0.4 is 0 Å². The average Bonchev–Trinajstić information content (AvgIpc) is 2.34. The van der Waals surface area contributed by atoms with Gasteiger partial charge in [0.25, 0.3) is 0 Å². The average molecular weight is 210 g/mol. The normalized spacial score (nSPS) is 10.7. The second kappa shape index (κ2) is 11.3. The molecule has 0 aromatic heterocycles. The molecular weight excluding hydrogens is 184 g/mol. The summed E-state index contributed by atoms with van der Waals surface area (Å²) in [5, 5.41) is 9.60. The highest BCUT2D eigenvalue weighted by molar-refractivity contribution is 5.17. The van der Waals surface area contributed by atoms with E-state index in [1.807, 2.05) is 71.9 Å². The molecule has 0 aliphatic heterocycles. The first-order valence-electron chi connectivity index (χ1n) is 5.95. The lowest BCUT2D eigenvalue weighted by Gasteiger charge is -2.13. The molecule has 0 fully saturated rings. The van der Waals surface area contributed by atoms with Crippen molar-refractivity contribution < 1.29 is 5.11 Å². The Morgan fingerprint density at radius 2 is 1.27 bits per heavy atom. The number of benzene rings is 1. The molecule has 0 saturated carbocycles. The summed E-state index contributed by atoms with van der Waals surface area (Å²) in [5.74, 6) is 0.289. The molecule has 1 heteroatoms. The molecule has 1 unspecified atom stereocenters. The fourth-order valence-electron chi connectivity index (χ4n) is 1.04. The summed E-state index contributed by atoms with van der Waals surface area (Å²) < 4.78 is 0. The molecule has 1 N–H and O–H groups in total. The van der Waals surface area contributed by atoms with Gasteiger partial charge in [-0.1, -0.05) is 71.9 Å². The summed E-state index contributed by atoms with van der Waals surface area (Å²) in [5.41, 5.74) is 1.00. The Morgan fingerprint density at radius 3 is 1.60 bits per heavy atom. The molecule has 15 heavy (non-hydrogen) atoms. The molecule has 0 spiro atoms. The highest BCUT2D eigenvalue weighted by Crippen LogP contribution is 2.19. The maximum absolute atomic E-state index is 9.60. The Bertz CT molecular complexity index is 204. The maximum Gasteiger partial charge on any atom is 0.0812 e. The number of hydrogen-bond donors (Lipinski definition) is 1. The summed E-state index contributed by atoms with van der Waals surface area (Å²) in [6, 6.07) is 9.74. The molecule has 1 nitrogen and oxygen atoms in total. The van der Waals surface area contributed by atoms with E-state index in [2.05, 4.69) is 0 Å². The van der Waals surface area contributed by atoms with Crippen molar-refractivity contribution in [1.29, 1.82) is 0 Å². The molecule has 0 aliphatic carbocycles. The number of rotatable bonds is 2. The first-order valence-corrected chi connectivity index (χ1v) is 5.95. The van der Waals surface area contributed by atoms with E-state index < -0.39 is 0 Å². The molecule has 0 radical (unpaired) electrons. The first kappa shape index (κ1) is 16.6. The summed E-state index contributed by atoms with van der Waals surface area (Å²) >= 11 is 0. The molecule has 0 saturated heterocycles. The van der Waals surface area contributed by atoms with Gasteiger partial charge in [-0.2, -0.15) is 0 Å². The lowest BCUT2D eigenvalue weighted by atomic mass is 10.00. The van der Waals surface area contributed by atoms with Gasteiger partial charge < -0.3 is 5.11 Å². The van der Waals surface area contributed by atoms with Gasteiger partial charge in [0.2, 0.25) is 0 Å². The molecule has 0 amide bonds. The van der Waals surface area contributed by atoms with Crippen molar-refractivity contribution in [3.8, 4) is 0 Å². The fourth-order valence-corrected chi connectivity index (χ4v) is 1.04. The van der Waals surface area contributed by atoms with E-state index in [4.69, 9.17) is 0 Å². The smallest absolute Gasteiger partial charge is 0.0812 e. The second-order valence-corrected chi connectivity index (χ2v) is 3.10. The lowest BCUT2D eigenvalue weighted by molar-refractivity contribution is 0.127. The Morgan fingerprint density at radius 1 is 0.867 bits per heavy atom. The Kier molecular flexibility index (Phi) is 12.5. The van der Waals surface area contributed by atoms with Gasteiger partial charge in [0.15, 0.2) is 0 Å². The minimum atomic E-state index is -0.323. The van der Waals surface area contributed by atoms with Crippen molar-refractivity contribution in [2.45, 2.75) is 47.6 Å². The number of aliphatic hydroxyl groups excluding tert-OH is 1. The van der Waals surface area contributed by atoms with Crippen LogP contribution in [-0.2, 0) is 0 Å². The highest BCUT2D eigenvalue weighted by Gasteiger charge is 2.09. The fraction of sp³-hybridized carbons (Fsp3) is 0.571. The highest BCUT2D eigenvalue weighted by atomic mass is 16.3. The third kappa shape index (κ3) is 7.15. The lowest BCUT2D eigenvalue weighted by Crippen LogP contribution is -2.04. The third-order valence-electron chi connectivity index (χ3n) is 1.77. The largest absolute Gasteiger partial charge is 0.388 e. The van der Waals surface area contributed by atoms with Crippen LogP contribution in [0.2, 0.25) is 0 Å². The Balaban J connectivity index is 0. The molecule has 1 aromatic rings. The summed E-state index contributed by atoms with van der Waals surface area (Å²) in [7, 11) is 0.